The van der Waals surface area contributed by atoms with Crippen molar-refractivity contribution in [1.82, 2.24) is 4.90 Å². The number of rotatable bonds is 6. The van der Waals surface area contributed by atoms with Crippen LogP contribution in [0.15, 0.2) is 47.4 Å². The van der Waals surface area contributed by atoms with Crippen molar-refractivity contribution in [2.75, 3.05) is 31.5 Å². The van der Waals surface area contributed by atoms with Gasteiger partial charge in [-0.3, -0.25) is 4.31 Å². The highest BCUT2D eigenvalue weighted by Gasteiger charge is 2.28. The van der Waals surface area contributed by atoms with Gasteiger partial charge in [-0.05, 0) is 58.1 Å². The van der Waals surface area contributed by atoms with E-state index in [1.54, 1.807) is 0 Å². The number of sulfonamides is 1. The van der Waals surface area contributed by atoms with Gasteiger partial charge >= 0.3 is 0 Å². The molecule has 0 fully saturated rings. The summed E-state index contributed by atoms with van der Waals surface area (Å²) in [5, 5.41) is 0. The van der Waals surface area contributed by atoms with Crippen LogP contribution in [-0.4, -0.2) is 40.5 Å². The third kappa shape index (κ3) is 3.97. The Bertz CT molecular complexity index is 776. The zero-order chi connectivity index (χ0) is 17.9. The summed E-state index contributed by atoms with van der Waals surface area (Å²) in [6, 6.07) is 13.1. The molecule has 130 valence electrons. The van der Waals surface area contributed by atoms with Gasteiger partial charge in [0.1, 0.15) is 0 Å². The lowest BCUT2D eigenvalue weighted by molar-refractivity contribution is 0.419. The lowest BCUT2D eigenvalue weighted by Crippen LogP contribution is -2.37. The summed E-state index contributed by atoms with van der Waals surface area (Å²) in [6.45, 7) is 6.77. The van der Waals surface area contributed by atoms with E-state index in [4.69, 9.17) is 0 Å². The first-order valence-corrected chi connectivity index (χ1v) is 9.48. The number of aryl methyl sites for hydroxylation is 3. The molecule has 0 unspecified atom stereocenters. The van der Waals surface area contributed by atoms with Crippen LogP contribution in [0.2, 0.25) is 0 Å². The molecule has 0 aliphatic heterocycles. The molecule has 0 radical (unpaired) electrons. The summed E-state index contributed by atoms with van der Waals surface area (Å²) in [7, 11) is 0.264. The molecule has 5 heteroatoms. The molecular formula is C19H26N2O2S. The number of nitrogens with zero attached hydrogens (tertiary/aromatic N) is 2. The number of anilines is 1. The minimum atomic E-state index is -3.62. The molecule has 0 saturated heterocycles. The molecular weight excluding hydrogens is 320 g/mol. The van der Waals surface area contributed by atoms with Crippen molar-refractivity contribution < 1.29 is 8.42 Å². The predicted octanol–water partition coefficient (Wildman–Crippen LogP) is 3.37. The summed E-state index contributed by atoms with van der Waals surface area (Å²) < 4.78 is 28.3. The van der Waals surface area contributed by atoms with Crippen LogP contribution in [0.3, 0.4) is 0 Å². The molecule has 0 atom stereocenters. The van der Waals surface area contributed by atoms with E-state index in [1.807, 2.05) is 82.2 Å². The Balaban J connectivity index is 2.56. The van der Waals surface area contributed by atoms with Crippen LogP contribution in [-0.2, 0) is 10.0 Å². The quantitative estimate of drug-likeness (QED) is 0.805. The monoisotopic (exact) mass is 346 g/mol. The fraction of sp³-hybridized carbons (Fsp3) is 0.368. The largest absolute Gasteiger partial charge is 0.308 e. The second-order valence-electron chi connectivity index (χ2n) is 6.44. The SMILES string of the molecule is Cc1cc(C)c(S(=O)(=O)N(CCN(C)C)c2ccccc2)c(C)c1. The first-order valence-electron chi connectivity index (χ1n) is 8.04. The number of para-hydroxylation sites is 1. The lowest BCUT2D eigenvalue weighted by atomic mass is 10.1. The molecule has 24 heavy (non-hydrogen) atoms. The smallest absolute Gasteiger partial charge is 0.264 e. The fourth-order valence-electron chi connectivity index (χ4n) is 2.96. The van der Waals surface area contributed by atoms with Gasteiger partial charge in [-0.15, -0.1) is 0 Å². The van der Waals surface area contributed by atoms with E-state index in [1.165, 1.54) is 4.31 Å². The van der Waals surface area contributed by atoms with Crippen LogP contribution in [0, 0.1) is 20.8 Å². The van der Waals surface area contributed by atoms with Gasteiger partial charge in [0.2, 0.25) is 0 Å². The molecule has 0 N–H and O–H groups in total. The number of likely N-dealkylation sites (N-methyl/N-ethyl adjacent to an activating group) is 1. The molecule has 0 saturated carbocycles. The molecule has 2 rings (SSSR count). The van der Waals surface area contributed by atoms with Gasteiger partial charge in [-0.1, -0.05) is 35.9 Å². The van der Waals surface area contributed by atoms with E-state index >= 15 is 0 Å². The van der Waals surface area contributed by atoms with Gasteiger partial charge in [0.05, 0.1) is 10.6 Å². The number of hydrogen-bond acceptors (Lipinski definition) is 3. The van der Waals surface area contributed by atoms with Crippen molar-refractivity contribution in [3.05, 3.63) is 59.2 Å². The molecule has 0 spiro atoms. The summed E-state index contributed by atoms with van der Waals surface area (Å²) in [5.74, 6) is 0. The molecule has 2 aromatic carbocycles. The number of hydrogen-bond donors (Lipinski definition) is 0. The first-order chi connectivity index (χ1) is 11.2. The van der Waals surface area contributed by atoms with Gasteiger partial charge < -0.3 is 4.90 Å². The van der Waals surface area contributed by atoms with Gasteiger partial charge in [0.15, 0.2) is 0 Å². The zero-order valence-electron chi connectivity index (χ0n) is 15.1. The Labute approximate surface area is 145 Å². The Hall–Kier alpha value is -1.85. The molecule has 4 nitrogen and oxygen atoms in total. The van der Waals surface area contributed by atoms with Crippen LogP contribution in [0.25, 0.3) is 0 Å². The lowest BCUT2D eigenvalue weighted by Gasteiger charge is -2.27. The van der Waals surface area contributed by atoms with Gasteiger partial charge in [-0.25, -0.2) is 8.42 Å². The van der Waals surface area contributed by atoms with E-state index in [2.05, 4.69) is 0 Å². The van der Waals surface area contributed by atoms with E-state index in [-0.39, 0.29) is 0 Å². The topological polar surface area (TPSA) is 40.6 Å². The average molecular weight is 346 g/mol. The molecule has 2 aromatic rings. The van der Waals surface area contributed by atoms with Crippen molar-refractivity contribution in [2.45, 2.75) is 25.7 Å². The van der Waals surface area contributed by atoms with Crippen molar-refractivity contribution >= 4 is 15.7 Å². The van der Waals surface area contributed by atoms with Crippen molar-refractivity contribution in [3.63, 3.8) is 0 Å². The van der Waals surface area contributed by atoms with E-state index < -0.39 is 10.0 Å². The van der Waals surface area contributed by atoms with Crippen LogP contribution in [0.5, 0.6) is 0 Å². The molecule has 0 heterocycles. The van der Waals surface area contributed by atoms with Crippen molar-refractivity contribution in [1.29, 1.82) is 0 Å². The highest BCUT2D eigenvalue weighted by atomic mass is 32.2. The molecule has 0 aromatic heterocycles. The Kier molecular flexibility index (Phi) is 5.67. The highest BCUT2D eigenvalue weighted by Crippen LogP contribution is 2.28. The Morgan fingerprint density at radius 2 is 1.42 bits per heavy atom. The Morgan fingerprint density at radius 1 is 0.875 bits per heavy atom. The second-order valence-corrected chi connectivity index (χ2v) is 8.24. The normalized spacial score (nSPS) is 11.8. The van der Waals surface area contributed by atoms with Crippen LogP contribution in [0.4, 0.5) is 5.69 Å². The summed E-state index contributed by atoms with van der Waals surface area (Å²) in [6.07, 6.45) is 0. The number of benzene rings is 2. The Morgan fingerprint density at radius 3 is 1.92 bits per heavy atom. The minimum absolute atomic E-state index is 0.409. The highest BCUT2D eigenvalue weighted by molar-refractivity contribution is 7.93. The van der Waals surface area contributed by atoms with Gasteiger partial charge in [-0.2, -0.15) is 0 Å². The van der Waals surface area contributed by atoms with Crippen molar-refractivity contribution in [3.8, 4) is 0 Å². The molecule has 0 aliphatic carbocycles. The minimum Gasteiger partial charge on any atom is -0.308 e. The first kappa shape index (κ1) is 18.5. The van der Waals surface area contributed by atoms with E-state index in [0.717, 1.165) is 16.7 Å². The van der Waals surface area contributed by atoms with Crippen LogP contribution < -0.4 is 4.31 Å². The molecule has 0 aliphatic rings. The van der Waals surface area contributed by atoms with Crippen LogP contribution >= 0.6 is 0 Å². The summed E-state index contributed by atoms with van der Waals surface area (Å²) in [4.78, 5) is 2.40. The van der Waals surface area contributed by atoms with E-state index in [9.17, 15) is 8.42 Å². The molecule has 0 bridgehead atoms. The van der Waals surface area contributed by atoms with Gasteiger partial charge in [0.25, 0.3) is 10.0 Å². The van der Waals surface area contributed by atoms with Crippen LogP contribution in [0.1, 0.15) is 16.7 Å². The third-order valence-electron chi connectivity index (χ3n) is 3.95. The van der Waals surface area contributed by atoms with Crippen molar-refractivity contribution in [2.24, 2.45) is 0 Å². The summed E-state index contributed by atoms with van der Waals surface area (Å²) in [5.41, 5.74) is 3.35. The zero-order valence-corrected chi connectivity index (χ0v) is 15.9. The third-order valence-corrected chi connectivity index (χ3v) is 6.08. The van der Waals surface area contributed by atoms with E-state index in [0.29, 0.717) is 23.7 Å². The maximum atomic E-state index is 13.4. The maximum absolute atomic E-state index is 13.4. The predicted molar refractivity (Wildman–Crippen MR) is 100 cm³/mol. The van der Waals surface area contributed by atoms with Gasteiger partial charge in [0, 0.05) is 13.1 Å². The standard InChI is InChI=1S/C19H26N2O2S/c1-15-13-16(2)19(17(3)14-15)24(22,23)21(12-11-20(4)5)18-9-7-6-8-10-18/h6-10,13-14H,11-12H2,1-5H3. The fourth-order valence-corrected chi connectivity index (χ4v) is 4.83. The maximum Gasteiger partial charge on any atom is 0.264 e. The molecule has 0 amide bonds. The average Bonchev–Trinajstić information content (AvgIpc) is 2.46. The second kappa shape index (κ2) is 7.36. The summed E-state index contributed by atoms with van der Waals surface area (Å²) >= 11 is 0.